The van der Waals surface area contributed by atoms with Crippen LogP contribution in [0.4, 0.5) is 11.6 Å². The van der Waals surface area contributed by atoms with Crippen molar-refractivity contribution in [1.29, 1.82) is 0 Å². The predicted molar refractivity (Wildman–Crippen MR) is 93.4 cm³/mol. The second kappa shape index (κ2) is 6.47. The van der Waals surface area contributed by atoms with Crippen molar-refractivity contribution in [2.24, 2.45) is 0 Å². The number of pyridine rings is 2. The van der Waals surface area contributed by atoms with Gasteiger partial charge in [0.05, 0.1) is 0 Å². The van der Waals surface area contributed by atoms with Gasteiger partial charge in [-0.05, 0) is 37.1 Å². The Morgan fingerprint density at radius 1 is 0.958 bits per heavy atom. The van der Waals surface area contributed by atoms with E-state index in [0.29, 0.717) is 11.6 Å². The molecule has 6 nitrogen and oxygen atoms in total. The number of rotatable bonds is 4. The minimum absolute atomic E-state index is 0.00766. The fourth-order valence-electron chi connectivity index (χ4n) is 2.93. The van der Waals surface area contributed by atoms with Gasteiger partial charge in [-0.1, -0.05) is 6.07 Å². The zero-order valence-corrected chi connectivity index (χ0v) is 13.6. The highest BCUT2D eigenvalue weighted by molar-refractivity contribution is 5.95. The SMILES string of the molecule is O=C(NC1CC1)c1ccnc(N2CCN(c3ccccn3)CC2)c1. The second-order valence-electron chi connectivity index (χ2n) is 6.31. The van der Waals surface area contributed by atoms with Gasteiger partial charge < -0.3 is 15.1 Å². The molecule has 1 saturated carbocycles. The van der Waals surface area contributed by atoms with Crippen LogP contribution in [-0.2, 0) is 0 Å². The van der Waals surface area contributed by atoms with Gasteiger partial charge in [-0.3, -0.25) is 4.79 Å². The third kappa shape index (κ3) is 3.32. The zero-order valence-electron chi connectivity index (χ0n) is 13.6. The van der Waals surface area contributed by atoms with Crippen molar-refractivity contribution in [3.8, 4) is 0 Å². The third-order valence-electron chi connectivity index (χ3n) is 4.50. The van der Waals surface area contributed by atoms with Gasteiger partial charge in [0.2, 0.25) is 0 Å². The minimum Gasteiger partial charge on any atom is -0.353 e. The Morgan fingerprint density at radius 2 is 1.67 bits per heavy atom. The maximum Gasteiger partial charge on any atom is 0.251 e. The highest BCUT2D eigenvalue weighted by Gasteiger charge is 2.24. The Kier molecular flexibility index (Phi) is 4.02. The molecule has 1 amide bonds. The molecule has 2 fully saturated rings. The molecule has 1 aliphatic carbocycles. The van der Waals surface area contributed by atoms with Crippen molar-refractivity contribution >= 4 is 17.5 Å². The molecule has 24 heavy (non-hydrogen) atoms. The van der Waals surface area contributed by atoms with Crippen LogP contribution >= 0.6 is 0 Å². The van der Waals surface area contributed by atoms with Crippen molar-refractivity contribution in [2.75, 3.05) is 36.0 Å². The molecule has 1 aliphatic heterocycles. The number of amides is 1. The molecule has 6 heteroatoms. The van der Waals surface area contributed by atoms with Crippen LogP contribution in [-0.4, -0.2) is 48.1 Å². The van der Waals surface area contributed by atoms with Crippen molar-refractivity contribution in [3.05, 3.63) is 48.3 Å². The van der Waals surface area contributed by atoms with E-state index in [0.717, 1.165) is 50.7 Å². The van der Waals surface area contributed by atoms with E-state index in [9.17, 15) is 4.79 Å². The number of piperazine rings is 1. The quantitative estimate of drug-likeness (QED) is 0.928. The monoisotopic (exact) mass is 323 g/mol. The maximum absolute atomic E-state index is 12.2. The summed E-state index contributed by atoms with van der Waals surface area (Å²) in [6.07, 6.45) is 5.74. The highest BCUT2D eigenvalue weighted by Crippen LogP contribution is 2.21. The van der Waals surface area contributed by atoms with Crippen molar-refractivity contribution in [1.82, 2.24) is 15.3 Å². The lowest BCUT2D eigenvalue weighted by Gasteiger charge is -2.36. The van der Waals surface area contributed by atoms with Crippen molar-refractivity contribution < 1.29 is 4.79 Å². The van der Waals surface area contributed by atoms with Crippen LogP contribution in [0.15, 0.2) is 42.7 Å². The Hall–Kier alpha value is -2.63. The Morgan fingerprint density at radius 3 is 2.33 bits per heavy atom. The van der Waals surface area contributed by atoms with Gasteiger partial charge in [-0.15, -0.1) is 0 Å². The molecule has 0 aromatic carbocycles. The van der Waals surface area contributed by atoms with E-state index >= 15 is 0 Å². The van der Waals surface area contributed by atoms with E-state index in [1.165, 1.54) is 0 Å². The zero-order chi connectivity index (χ0) is 16.4. The first-order valence-electron chi connectivity index (χ1n) is 8.47. The van der Waals surface area contributed by atoms with Gasteiger partial charge in [-0.2, -0.15) is 0 Å². The summed E-state index contributed by atoms with van der Waals surface area (Å²) in [5.41, 5.74) is 0.694. The number of hydrogen-bond acceptors (Lipinski definition) is 5. The molecule has 3 heterocycles. The van der Waals surface area contributed by atoms with Crippen LogP contribution in [0.5, 0.6) is 0 Å². The normalized spacial score (nSPS) is 17.7. The Bertz CT molecular complexity index is 708. The topological polar surface area (TPSA) is 61.4 Å². The lowest BCUT2D eigenvalue weighted by Crippen LogP contribution is -2.47. The van der Waals surface area contributed by atoms with Gasteiger partial charge in [-0.25, -0.2) is 9.97 Å². The van der Waals surface area contributed by atoms with E-state index < -0.39 is 0 Å². The first-order chi connectivity index (χ1) is 11.8. The molecule has 0 unspecified atom stereocenters. The molecule has 0 bridgehead atoms. The first-order valence-corrected chi connectivity index (χ1v) is 8.47. The lowest BCUT2D eigenvalue weighted by molar-refractivity contribution is 0.0951. The maximum atomic E-state index is 12.2. The summed E-state index contributed by atoms with van der Waals surface area (Å²) in [6, 6.07) is 10.0. The van der Waals surface area contributed by atoms with Gasteiger partial charge in [0.25, 0.3) is 5.91 Å². The van der Waals surface area contributed by atoms with Crippen molar-refractivity contribution in [3.63, 3.8) is 0 Å². The average Bonchev–Trinajstić information content (AvgIpc) is 3.47. The van der Waals surface area contributed by atoms with E-state index in [2.05, 4.69) is 25.1 Å². The number of carbonyl (C=O) groups is 1. The molecule has 2 aromatic rings. The summed E-state index contributed by atoms with van der Waals surface area (Å²) < 4.78 is 0. The summed E-state index contributed by atoms with van der Waals surface area (Å²) in [7, 11) is 0. The Balaban J connectivity index is 1.41. The van der Waals surface area contributed by atoms with Crippen LogP contribution < -0.4 is 15.1 Å². The van der Waals surface area contributed by atoms with Gasteiger partial charge in [0.1, 0.15) is 11.6 Å². The van der Waals surface area contributed by atoms with Crippen LogP contribution in [0.1, 0.15) is 23.2 Å². The van der Waals surface area contributed by atoms with E-state index in [-0.39, 0.29) is 5.91 Å². The number of hydrogen-bond donors (Lipinski definition) is 1. The van der Waals surface area contributed by atoms with Crippen LogP contribution in [0.25, 0.3) is 0 Å². The third-order valence-corrected chi connectivity index (χ3v) is 4.50. The number of anilines is 2. The van der Waals surface area contributed by atoms with E-state index in [4.69, 9.17) is 0 Å². The average molecular weight is 323 g/mol. The smallest absolute Gasteiger partial charge is 0.251 e. The van der Waals surface area contributed by atoms with Gasteiger partial charge in [0, 0.05) is 50.2 Å². The fraction of sp³-hybridized carbons (Fsp3) is 0.389. The molecule has 2 aliphatic rings. The lowest BCUT2D eigenvalue weighted by atomic mass is 10.2. The number of carbonyl (C=O) groups excluding carboxylic acids is 1. The molecule has 0 radical (unpaired) electrons. The van der Waals surface area contributed by atoms with Crippen LogP contribution in [0.3, 0.4) is 0 Å². The molecule has 2 aromatic heterocycles. The summed E-state index contributed by atoms with van der Waals surface area (Å²) in [4.78, 5) is 25.6. The van der Waals surface area contributed by atoms with Crippen LogP contribution in [0, 0.1) is 0 Å². The van der Waals surface area contributed by atoms with E-state index in [1.807, 2.05) is 30.5 Å². The fourth-order valence-corrected chi connectivity index (χ4v) is 2.93. The highest BCUT2D eigenvalue weighted by atomic mass is 16.1. The predicted octanol–water partition coefficient (Wildman–Crippen LogP) is 1.70. The Labute approximate surface area is 141 Å². The molecular weight excluding hydrogens is 302 g/mol. The van der Waals surface area contributed by atoms with Crippen LogP contribution in [0.2, 0.25) is 0 Å². The summed E-state index contributed by atoms with van der Waals surface area (Å²) >= 11 is 0. The first kappa shape index (κ1) is 14.9. The molecule has 1 N–H and O–H groups in total. The molecule has 0 atom stereocenters. The summed E-state index contributed by atoms with van der Waals surface area (Å²) in [5, 5.41) is 3.03. The molecule has 1 saturated heterocycles. The number of nitrogens with zero attached hydrogens (tertiary/aromatic N) is 4. The largest absolute Gasteiger partial charge is 0.353 e. The van der Waals surface area contributed by atoms with Gasteiger partial charge in [0.15, 0.2) is 0 Å². The molecule has 4 rings (SSSR count). The molecule has 124 valence electrons. The molecular formula is C18H21N5O. The number of aromatic nitrogens is 2. The van der Waals surface area contributed by atoms with E-state index in [1.54, 1.807) is 12.3 Å². The number of nitrogens with one attached hydrogen (secondary N) is 1. The second-order valence-corrected chi connectivity index (χ2v) is 6.31. The standard InChI is InChI=1S/C18H21N5O/c24-18(21-15-4-5-15)14-6-8-20-17(13-14)23-11-9-22(10-12-23)16-3-1-2-7-19-16/h1-3,6-8,13,15H,4-5,9-12H2,(H,21,24). The van der Waals surface area contributed by atoms with Crippen molar-refractivity contribution in [2.45, 2.75) is 18.9 Å². The summed E-state index contributed by atoms with van der Waals surface area (Å²) in [5.74, 6) is 1.90. The minimum atomic E-state index is 0.00766. The summed E-state index contributed by atoms with van der Waals surface area (Å²) in [6.45, 7) is 3.54. The van der Waals surface area contributed by atoms with Gasteiger partial charge >= 0.3 is 0 Å². The molecule has 0 spiro atoms.